The molecule has 1 saturated carbocycles. The summed E-state index contributed by atoms with van der Waals surface area (Å²) in [6.07, 6.45) is 7.24. The maximum atomic E-state index is 11.7. The van der Waals surface area contributed by atoms with Gasteiger partial charge in [0.2, 0.25) is 0 Å². The predicted octanol–water partition coefficient (Wildman–Crippen LogP) is 2.45. The van der Waals surface area contributed by atoms with Gasteiger partial charge >= 0.3 is 5.97 Å². The number of carboxylic acid groups (broad SMARTS) is 1. The smallest absolute Gasteiger partial charge is 0.314 e. The van der Waals surface area contributed by atoms with Gasteiger partial charge in [0.25, 0.3) is 0 Å². The van der Waals surface area contributed by atoms with E-state index in [2.05, 4.69) is 15.2 Å². The van der Waals surface area contributed by atoms with Crippen LogP contribution in [0.3, 0.4) is 0 Å². The standard InChI is InChI=1S/C15H23N3O3/c19-15(20)12(10-4-2-1-3-5-10)14-16-13(17-18-14)11-6-8-21-9-7-11/h10-12H,1-9H2,(H,19,20)(H,16,17,18)/t12-/m1/s1. The lowest BCUT2D eigenvalue weighted by atomic mass is 9.79. The van der Waals surface area contributed by atoms with Gasteiger partial charge in [-0.3, -0.25) is 9.89 Å². The van der Waals surface area contributed by atoms with Crippen LogP contribution in [-0.2, 0) is 9.53 Å². The summed E-state index contributed by atoms with van der Waals surface area (Å²) >= 11 is 0. The molecule has 0 spiro atoms. The van der Waals surface area contributed by atoms with Crippen molar-refractivity contribution < 1.29 is 14.6 Å². The number of ether oxygens (including phenoxy) is 1. The number of hydrogen-bond acceptors (Lipinski definition) is 4. The van der Waals surface area contributed by atoms with Gasteiger partial charge in [-0.05, 0) is 31.6 Å². The van der Waals surface area contributed by atoms with E-state index >= 15 is 0 Å². The third kappa shape index (κ3) is 3.26. The quantitative estimate of drug-likeness (QED) is 0.890. The van der Waals surface area contributed by atoms with Crippen LogP contribution in [0.5, 0.6) is 0 Å². The van der Waals surface area contributed by atoms with Crippen molar-refractivity contribution in [3.63, 3.8) is 0 Å². The third-order valence-corrected chi connectivity index (χ3v) is 4.79. The molecule has 2 N–H and O–H groups in total. The maximum absolute atomic E-state index is 11.7. The predicted molar refractivity (Wildman–Crippen MR) is 76.1 cm³/mol. The Balaban J connectivity index is 1.76. The summed E-state index contributed by atoms with van der Waals surface area (Å²) in [5, 5.41) is 16.8. The van der Waals surface area contributed by atoms with Crippen molar-refractivity contribution in [1.29, 1.82) is 0 Å². The Morgan fingerprint density at radius 3 is 2.57 bits per heavy atom. The summed E-state index contributed by atoms with van der Waals surface area (Å²) in [5.41, 5.74) is 0. The van der Waals surface area contributed by atoms with Crippen LogP contribution in [0.1, 0.15) is 68.4 Å². The van der Waals surface area contributed by atoms with Crippen molar-refractivity contribution in [2.75, 3.05) is 13.2 Å². The SMILES string of the molecule is O=C(O)[C@@H](c1n[nH]c(C2CCOCC2)n1)C1CCCCC1. The van der Waals surface area contributed by atoms with Crippen LogP contribution in [0.25, 0.3) is 0 Å². The van der Waals surface area contributed by atoms with E-state index in [1.807, 2.05) is 0 Å². The Kier molecular flexibility index (Phi) is 4.53. The van der Waals surface area contributed by atoms with E-state index in [1.165, 1.54) is 6.42 Å². The zero-order valence-electron chi connectivity index (χ0n) is 12.3. The van der Waals surface area contributed by atoms with Gasteiger partial charge in [0, 0.05) is 19.1 Å². The topological polar surface area (TPSA) is 88.1 Å². The van der Waals surface area contributed by atoms with Gasteiger partial charge in [0.05, 0.1) is 0 Å². The molecular formula is C15H23N3O3. The fraction of sp³-hybridized carbons (Fsp3) is 0.800. The average Bonchev–Trinajstić information content (AvgIpc) is 2.98. The van der Waals surface area contributed by atoms with E-state index in [0.29, 0.717) is 11.7 Å². The number of aliphatic carboxylic acids is 1. The first kappa shape index (κ1) is 14.5. The highest BCUT2D eigenvalue weighted by molar-refractivity contribution is 5.75. The van der Waals surface area contributed by atoms with E-state index in [1.54, 1.807) is 0 Å². The molecule has 2 aliphatic rings. The van der Waals surface area contributed by atoms with Gasteiger partial charge in [-0.15, -0.1) is 0 Å². The zero-order valence-corrected chi connectivity index (χ0v) is 12.3. The number of carboxylic acids is 1. The van der Waals surface area contributed by atoms with Crippen molar-refractivity contribution in [3.05, 3.63) is 11.6 Å². The molecule has 1 aromatic rings. The van der Waals surface area contributed by atoms with Crippen molar-refractivity contribution in [1.82, 2.24) is 15.2 Å². The number of H-pyrrole nitrogens is 1. The van der Waals surface area contributed by atoms with Gasteiger partial charge < -0.3 is 9.84 Å². The van der Waals surface area contributed by atoms with Crippen LogP contribution in [0.4, 0.5) is 0 Å². The second kappa shape index (κ2) is 6.56. The summed E-state index contributed by atoms with van der Waals surface area (Å²) in [5.74, 6) is 0.441. The molecule has 1 aliphatic heterocycles. The summed E-state index contributed by atoms with van der Waals surface area (Å²) in [7, 11) is 0. The van der Waals surface area contributed by atoms with Crippen molar-refractivity contribution in [3.8, 4) is 0 Å². The highest BCUT2D eigenvalue weighted by atomic mass is 16.5. The molecule has 6 heteroatoms. The third-order valence-electron chi connectivity index (χ3n) is 4.79. The Bertz CT molecular complexity index is 476. The number of aromatic nitrogens is 3. The number of carbonyl (C=O) groups is 1. The molecule has 0 bridgehead atoms. The highest BCUT2D eigenvalue weighted by Gasteiger charge is 2.34. The molecule has 0 amide bonds. The molecular weight excluding hydrogens is 270 g/mol. The minimum Gasteiger partial charge on any atom is -0.481 e. The van der Waals surface area contributed by atoms with Crippen LogP contribution in [0.15, 0.2) is 0 Å². The van der Waals surface area contributed by atoms with Crippen LogP contribution in [0.2, 0.25) is 0 Å². The lowest BCUT2D eigenvalue weighted by molar-refractivity contribution is -0.140. The summed E-state index contributed by atoms with van der Waals surface area (Å²) in [6.45, 7) is 1.48. The first-order valence-electron chi connectivity index (χ1n) is 7.98. The Morgan fingerprint density at radius 1 is 1.19 bits per heavy atom. The number of nitrogens with one attached hydrogen (secondary N) is 1. The largest absolute Gasteiger partial charge is 0.481 e. The fourth-order valence-corrected chi connectivity index (χ4v) is 3.57. The van der Waals surface area contributed by atoms with Crippen molar-refractivity contribution in [2.24, 2.45) is 5.92 Å². The first-order chi connectivity index (χ1) is 10.3. The second-order valence-corrected chi connectivity index (χ2v) is 6.18. The number of aromatic amines is 1. The fourth-order valence-electron chi connectivity index (χ4n) is 3.57. The van der Waals surface area contributed by atoms with Crippen LogP contribution >= 0.6 is 0 Å². The molecule has 1 aromatic heterocycles. The van der Waals surface area contributed by atoms with Crippen LogP contribution in [-0.4, -0.2) is 39.5 Å². The first-order valence-corrected chi connectivity index (χ1v) is 7.98. The molecule has 116 valence electrons. The minimum absolute atomic E-state index is 0.176. The molecule has 2 heterocycles. The maximum Gasteiger partial charge on any atom is 0.314 e. The lowest BCUT2D eigenvalue weighted by Crippen LogP contribution is -2.25. The van der Waals surface area contributed by atoms with Gasteiger partial charge in [-0.2, -0.15) is 5.10 Å². The molecule has 0 unspecified atom stereocenters. The molecule has 1 atom stereocenters. The lowest BCUT2D eigenvalue weighted by Gasteiger charge is -2.25. The van der Waals surface area contributed by atoms with Crippen LogP contribution < -0.4 is 0 Å². The average molecular weight is 293 g/mol. The van der Waals surface area contributed by atoms with E-state index in [4.69, 9.17) is 4.74 Å². The van der Waals surface area contributed by atoms with Gasteiger partial charge in [-0.25, -0.2) is 4.98 Å². The summed E-state index contributed by atoms with van der Waals surface area (Å²) < 4.78 is 5.35. The van der Waals surface area contributed by atoms with Crippen LogP contribution in [0, 0.1) is 5.92 Å². The van der Waals surface area contributed by atoms with E-state index in [9.17, 15) is 9.90 Å². The minimum atomic E-state index is -0.792. The van der Waals surface area contributed by atoms with Crippen molar-refractivity contribution >= 4 is 5.97 Å². The molecule has 0 radical (unpaired) electrons. The molecule has 2 fully saturated rings. The van der Waals surface area contributed by atoms with E-state index < -0.39 is 11.9 Å². The Labute approximate surface area is 124 Å². The second-order valence-electron chi connectivity index (χ2n) is 6.18. The number of rotatable bonds is 4. The molecule has 1 aliphatic carbocycles. The number of nitrogens with zero attached hydrogens (tertiary/aromatic N) is 2. The highest BCUT2D eigenvalue weighted by Crippen LogP contribution is 2.35. The molecule has 21 heavy (non-hydrogen) atoms. The molecule has 0 aromatic carbocycles. The number of hydrogen-bond donors (Lipinski definition) is 2. The summed E-state index contributed by atoms with van der Waals surface area (Å²) in [4.78, 5) is 16.2. The normalized spacial score (nSPS) is 23.0. The van der Waals surface area contributed by atoms with Gasteiger partial charge in [0.1, 0.15) is 11.7 Å². The Morgan fingerprint density at radius 2 is 1.90 bits per heavy atom. The Hall–Kier alpha value is -1.43. The van der Waals surface area contributed by atoms with Gasteiger partial charge in [0.15, 0.2) is 5.82 Å². The van der Waals surface area contributed by atoms with E-state index in [0.717, 1.165) is 57.6 Å². The molecule has 1 saturated heterocycles. The van der Waals surface area contributed by atoms with Gasteiger partial charge in [-0.1, -0.05) is 19.3 Å². The summed E-state index contributed by atoms with van der Waals surface area (Å²) in [6, 6.07) is 0. The molecule has 3 rings (SSSR count). The van der Waals surface area contributed by atoms with Crippen molar-refractivity contribution in [2.45, 2.75) is 56.8 Å². The molecule has 6 nitrogen and oxygen atoms in total. The zero-order chi connectivity index (χ0) is 14.7. The monoisotopic (exact) mass is 293 g/mol. The van der Waals surface area contributed by atoms with E-state index in [-0.39, 0.29) is 5.92 Å².